The number of aromatic hydroxyl groups is 1. The molecule has 26 heavy (non-hydrogen) atoms. The van der Waals surface area contributed by atoms with Crippen LogP contribution in [0.4, 0.5) is 0 Å². The van der Waals surface area contributed by atoms with Crippen molar-refractivity contribution < 1.29 is 27.9 Å². The number of carbonyl (C=O) groups is 2. The Kier molecular flexibility index (Phi) is 5.22. The quantitative estimate of drug-likeness (QED) is 0.619. The van der Waals surface area contributed by atoms with Crippen molar-refractivity contribution in [3.8, 4) is 5.75 Å². The number of aromatic nitrogens is 2. The van der Waals surface area contributed by atoms with Gasteiger partial charge in [-0.3, -0.25) is 9.48 Å². The summed E-state index contributed by atoms with van der Waals surface area (Å²) in [4.78, 5) is 24.6. The number of carbonyl (C=O) groups excluding carboxylic acids is 2. The van der Waals surface area contributed by atoms with E-state index in [1.165, 1.54) is 17.7 Å². The van der Waals surface area contributed by atoms with Crippen LogP contribution in [-0.2, 0) is 21.6 Å². The number of rotatable bonds is 5. The number of benzene rings is 1. The molecule has 1 aromatic carbocycles. The molecule has 0 aliphatic rings. The molecule has 0 saturated carbocycles. The lowest BCUT2D eigenvalue weighted by atomic mass is 9.97. The Morgan fingerprint density at radius 2 is 1.92 bits per heavy atom. The van der Waals surface area contributed by atoms with E-state index in [-0.39, 0.29) is 22.4 Å². The molecular weight excluding hydrogens is 360 g/mol. The average molecular weight is 380 g/mol. The van der Waals surface area contributed by atoms with E-state index in [2.05, 4.69) is 5.10 Å². The van der Waals surface area contributed by atoms with Crippen molar-refractivity contribution in [2.75, 3.05) is 6.26 Å². The van der Waals surface area contributed by atoms with E-state index in [0.29, 0.717) is 0 Å². The Balaban J connectivity index is 2.76. The molecule has 0 aliphatic carbocycles. The highest BCUT2D eigenvalue weighted by atomic mass is 32.2. The summed E-state index contributed by atoms with van der Waals surface area (Å²) in [5, 5.41) is 14.3. The van der Waals surface area contributed by atoms with E-state index in [0.717, 1.165) is 12.3 Å². The number of aryl methyl sites for hydroxylation is 1. The zero-order valence-corrected chi connectivity index (χ0v) is 15.9. The SMILES string of the molecule is Cc1c(C(=O)c2ccn(C)n2)cc(O)c(S(C)(=O)=O)c1C(=O)OC(C)C. The number of ketones is 1. The summed E-state index contributed by atoms with van der Waals surface area (Å²) in [5.74, 6) is -2.16. The molecule has 140 valence electrons. The van der Waals surface area contributed by atoms with Crippen LogP contribution in [-0.4, -0.2) is 47.4 Å². The second kappa shape index (κ2) is 6.91. The molecule has 1 aromatic heterocycles. The molecule has 0 radical (unpaired) electrons. The van der Waals surface area contributed by atoms with Crippen LogP contribution >= 0.6 is 0 Å². The number of nitrogens with zero attached hydrogens (tertiary/aromatic N) is 2. The standard InChI is InChI=1S/C17H20N2O6S/c1-9(2)25-17(22)14-10(3)11(8-13(20)16(14)26(5,23)24)15(21)12-6-7-19(4)18-12/h6-9,20H,1-5H3. The van der Waals surface area contributed by atoms with Crippen molar-refractivity contribution in [1.29, 1.82) is 0 Å². The molecule has 0 atom stereocenters. The van der Waals surface area contributed by atoms with Gasteiger partial charge in [0.15, 0.2) is 9.84 Å². The second-order valence-electron chi connectivity index (χ2n) is 6.20. The van der Waals surface area contributed by atoms with Gasteiger partial charge in [-0.05, 0) is 38.5 Å². The van der Waals surface area contributed by atoms with Gasteiger partial charge < -0.3 is 9.84 Å². The third-order valence-electron chi connectivity index (χ3n) is 3.63. The highest BCUT2D eigenvalue weighted by molar-refractivity contribution is 7.90. The summed E-state index contributed by atoms with van der Waals surface area (Å²) < 4.78 is 30.7. The first-order valence-corrected chi connectivity index (χ1v) is 9.64. The Morgan fingerprint density at radius 1 is 1.31 bits per heavy atom. The van der Waals surface area contributed by atoms with Crippen molar-refractivity contribution in [2.45, 2.75) is 31.8 Å². The van der Waals surface area contributed by atoms with Gasteiger partial charge in [0.1, 0.15) is 16.3 Å². The lowest BCUT2D eigenvalue weighted by Crippen LogP contribution is -2.19. The minimum absolute atomic E-state index is 0.0238. The van der Waals surface area contributed by atoms with Crippen molar-refractivity contribution in [3.63, 3.8) is 0 Å². The van der Waals surface area contributed by atoms with Gasteiger partial charge in [0.05, 0.1) is 11.7 Å². The normalized spacial score (nSPS) is 11.6. The van der Waals surface area contributed by atoms with Crippen LogP contribution in [0.15, 0.2) is 23.2 Å². The van der Waals surface area contributed by atoms with Gasteiger partial charge in [-0.15, -0.1) is 0 Å². The summed E-state index contributed by atoms with van der Waals surface area (Å²) in [5.41, 5.74) is -0.167. The van der Waals surface area contributed by atoms with Gasteiger partial charge in [-0.1, -0.05) is 0 Å². The van der Waals surface area contributed by atoms with Crippen molar-refractivity contribution >= 4 is 21.6 Å². The van der Waals surface area contributed by atoms with Crippen molar-refractivity contribution in [1.82, 2.24) is 9.78 Å². The van der Waals surface area contributed by atoms with E-state index in [1.54, 1.807) is 27.1 Å². The molecule has 1 N–H and O–H groups in total. The third kappa shape index (κ3) is 3.77. The first-order valence-electron chi connectivity index (χ1n) is 7.75. The van der Waals surface area contributed by atoms with E-state index in [4.69, 9.17) is 4.74 Å². The molecule has 2 rings (SSSR count). The number of esters is 1. The maximum atomic E-state index is 12.7. The largest absolute Gasteiger partial charge is 0.507 e. The molecule has 0 bridgehead atoms. The number of phenols is 1. The van der Waals surface area contributed by atoms with Gasteiger partial charge >= 0.3 is 5.97 Å². The summed E-state index contributed by atoms with van der Waals surface area (Å²) in [6.45, 7) is 4.65. The smallest absolute Gasteiger partial charge is 0.340 e. The first-order chi connectivity index (χ1) is 11.9. The number of phenolic OH excluding ortho intramolecular Hbond substituents is 1. The predicted octanol–water partition coefficient (Wildman–Crippen LogP) is 1.63. The van der Waals surface area contributed by atoms with Crippen LogP contribution in [0.5, 0.6) is 5.75 Å². The Bertz CT molecular complexity index is 989. The molecule has 0 unspecified atom stereocenters. The van der Waals surface area contributed by atoms with Crippen LogP contribution < -0.4 is 0 Å². The van der Waals surface area contributed by atoms with E-state index in [9.17, 15) is 23.1 Å². The molecule has 0 saturated heterocycles. The Labute approximate surface area is 151 Å². The maximum absolute atomic E-state index is 12.7. The van der Waals surface area contributed by atoms with Gasteiger partial charge in [-0.25, -0.2) is 13.2 Å². The van der Waals surface area contributed by atoms with Crippen molar-refractivity contribution in [3.05, 3.63) is 40.7 Å². The fraction of sp³-hybridized carbons (Fsp3) is 0.353. The van der Waals surface area contributed by atoms with Crippen LogP contribution in [0.1, 0.15) is 45.8 Å². The minimum Gasteiger partial charge on any atom is -0.507 e. The van der Waals surface area contributed by atoms with Gasteiger partial charge in [0, 0.05) is 25.1 Å². The predicted molar refractivity (Wildman–Crippen MR) is 93.1 cm³/mol. The first kappa shape index (κ1) is 19.6. The van der Waals surface area contributed by atoms with E-state index < -0.39 is 38.3 Å². The van der Waals surface area contributed by atoms with Crippen LogP contribution in [0.2, 0.25) is 0 Å². The summed E-state index contributed by atoms with van der Waals surface area (Å²) in [6, 6.07) is 2.52. The molecule has 9 heteroatoms. The molecule has 2 aromatic rings. The topological polar surface area (TPSA) is 116 Å². The van der Waals surface area contributed by atoms with Gasteiger partial charge in [-0.2, -0.15) is 5.10 Å². The fourth-order valence-electron chi connectivity index (χ4n) is 2.55. The van der Waals surface area contributed by atoms with Crippen molar-refractivity contribution in [2.24, 2.45) is 7.05 Å². The molecule has 1 heterocycles. The number of sulfone groups is 1. The average Bonchev–Trinajstić information content (AvgIpc) is 2.92. The Morgan fingerprint density at radius 3 is 2.38 bits per heavy atom. The highest BCUT2D eigenvalue weighted by Crippen LogP contribution is 2.33. The summed E-state index contributed by atoms with van der Waals surface area (Å²) in [6.07, 6.45) is 1.93. The molecule has 0 fully saturated rings. The fourth-order valence-corrected chi connectivity index (χ4v) is 3.59. The maximum Gasteiger partial charge on any atom is 0.340 e. The molecular formula is C17H20N2O6S. The molecule has 0 amide bonds. The van der Waals surface area contributed by atoms with E-state index >= 15 is 0 Å². The number of ether oxygens (including phenoxy) is 1. The number of hydrogen-bond donors (Lipinski definition) is 1. The Hall–Kier alpha value is -2.68. The summed E-state index contributed by atoms with van der Waals surface area (Å²) >= 11 is 0. The molecule has 0 spiro atoms. The second-order valence-corrected chi connectivity index (χ2v) is 8.15. The lowest BCUT2D eigenvalue weighted by Gasteiger charge is -2.16. The van der Waals surface area contributed by atoms with Crippen LogP contribution in [0.3, 0.4) is 0 Å². The molecule has 0 aliphatic heterocycles. The number of hydrogen-bond acceptors (Lipinski definition) is 7. The lowest BCUT2D eigenvalue weighted by molar-refractivity contribution is 0.0371. The zero-order chi connectivity index (χ0) is 19.8. The van der Waals surface area contributed by atoms with Gasteiger partial charge in [0.2, 0.25) is 5.78 Å². The molecule has 8 nitrogen and oxygen atoms in total. The third-order valence-corrected chi connectivity index (χ3v) is 4.78. The minimum atomic E-state index is -3.95. The highest BCUT2D eigenvalue weighted by Gasteiger charge is 2.31. The van der Waals surface area contributed by atoms with Gasteiger partial charge in [0.25, 0.3) is 0 Å². The zero-order valence-electron chi connectivity index (χ0n) is 15.1. The van der Waals surface area contributed by atoms with Crippen LogP contribution in [0, 0.1) is 6.92 Å². The monoisotopic (exact) mass is 380 g/mol. The van der Waals surface area contributed by atoms with Crippen LogP contribution in [0.25, 0.3) is 0 Å². The van der Waals surface area contributed by atoms with E-state index in [1.807, 2.05) is 0 Å². The summed E-state index contributed by atoms with van der Waals surface area (Å²) in [7, 11) is -2.31.